The molecule has 0 radical (unpaired) electrons. The second-order valence-electron chi connectivity index (χ2n) is 5.32. The van der Waals surface area contributed by atoms with Gasteiger partial charge in [0.25, 0.3) is 5.91 Å². The Balaban J connectivity index is 1.70. The van der Waals surface area contributed by atoms with Crippen molar-refractivity contribution in [3.8, 4) is 5.75 Å². The van der Waals surface area contributed by atoms with E-state index in [1.165, 1.54) is 35.6 Å². The van der Waals surface area contributed by atoms with E-state index in [0.717, 1.165) is 0 Å². The largest absolute Gasteiger partial charge is 0.486 e. The van der Waals surface area contributed by atoms with E-state index in [1.54, 1.807) is 25.1 Å². The van der Waals surface area contributed by atoms with Crippen LogP contribution in [0.2, 0.25) is 10.0 Å². The molecule has 3 aromatic rings. The van der Waals surface area contributed by atoms with E-state index in [1.807, 2.05) is 0 Å². The third kappa shape index (κ3) is 4.33. The summed E-state index contributed by atoms with van der Waals surface area (Å²) in [7, 11) is 0. The number of carbonyl (C=O) groups excluding carboxylic acids is 1. The Bertz CT molecular complexity index is 945. The van der Waals surface area contributed by atoms with Crippen LogP contribution in [0.5, 0.6) is 5.75 Å². The van der Waals surface area contributed by atoms with E-state index in [-0.39, 0.29) is 23.4 Å². The number of thiazole rings is 1. The van der Waals surface area contributed by atoms with Crippen LogP contribution in [0.1, 0.15) is 20.4 Å². The molecule has 26 heavy (non-hydrogen) atoms. The number of nitrogens with one attached hydrogen (secondary N) is 1. The molecule has 134 valence electrons. The zero-order valence-electron chi connectivity index (χ0n) is 13.6. The first-order valence-electron chi connectivity index (χ1n) is 7.54. The molecule has 0 spiro atoms. The lowest BCUT2D eigenvalue weighted by molar-refractivity contribution is 0.103. The van der Waals surface area contributed by atoms with Crippen molar-refractivity contribution in [2.24, 2.45) is 0 Å². The van der Waals surface area contributed by atoms with Gasteiger partial charge in [-0.15, -0.1) is 11.3 Å². The molecule has 1 heterocycles. The van der Waals surface area contributed by atoms with Crippen LogP contribution in [0.4, 0.5) is 10.1 Å². The molecular weight excluding hydrogens is 398 g/mol. The molecule has 0 bridgehead atoms. The minimum atomic E-state index is -0.332. The van der Waals surface area contributed by atoms with Crippen molar-refractivity contribution < 1.29 is 13.9 Å². The van der Waals surface area contributed by atoms with E-state index in [2.05, 4.69) is 10.3 Å². The smallest absolute Gasteiger partial charge is 0.267 e. The van der Waals surface area contributed by atoms with Crippen molar-refractivity contribution in [1.82, 2.24) is 4.98 Å². The molecule has 0 aliphatic carbocycles. The number of ether oxygens (including phenoxy) is 1. The number of hydrogen-bond donors (Lipinski definition) is 1. The van der Waals surface area contributed by atoms with Crippen LogP contribution < -0.4 is 10.1 Å². The summed E-state index contributed by atoms with van der Waals surface area (Å²) in [6.45, 7) is 1.93. The van der Waals surface area contributed by atoms with Crippen molar-refractivity contribution in [2.75, 3.05) is 5.32 Å². The molecule has 0 aliphatic rings. The van der Waals surface area contributed by atoms with E-state index in [0.29, 0.717) is 32.0 Å². The van der Waals surface area contributed by atoms with Gasteiger partial charge in [0.05, 0.1) is 21.4 Å². The van der Waals surface area contributed by atoms with Crippen LogP contribution in [0, 0.1) is 12.7 Å². The Kier molecular flexibility index (Phi) is 5.76. The van der Waals surface area contributed by atoms with Gasteiger partial charge >= 0.3 is 0 Å². The van der Waals surface area contributed by atoms with Crippen molar-refractivity contribution in [3.05, 3.63) is 73.9 Å². The van der Waals surface area contributed by atoms with E-state index < -0.39 is 0 Å². The van der Waals surface area contributed by atoms with Gasteiger partial charge in [-0.05, 0) is 43.3 Å². The van der Waals surface area contributed by atoms with Gasteiger partial charge in [0, 0.05) is 0 Å². The molecule has 0 atom stereocenters. The lowest BCUT2D eigenvalue weighted by atomic mass is 10.3. The number of amides is 1. The molecule has 0 saturated carbocycles. The summed E-state index contributed by atoms with van der Waals surface area (Å²) in [5, 5.41) is 4.01. The molecule has 0 saturated heterocycles. The van der Waals surface area contributed by atoms with Gasteiger partial charge in [-0.3, -0.25) is 4.79 Å². The maximum atomic E-state index is 12.9. The lowest BCUT2D eigenvalue weighted by Gasteiger charge is -2.07. The summed E-state index contributed by atoms with van der Waals surface area (Å²) in [5.74, 6) is -0.130. The Morgan fingerprint density at radius 2 is 1.96 bits per heavy atom. The maximum absolute atomic E-state index is 12.9. The number of aryl methyl sites for hydroxylation is 1. The number of hydrogen-bond acceptors (Lipinski definition) is 4. The van der Waals surface area contributed by atoms with Gasteiger partial charge < -0.3 is 10.1 Å². The third-order valence-electron chi connectivity index (χ3n) is 3.42. The summed E-state index contributed by atoms with van der Waals surface area (Å²) < 4.78 is 18.5. The van der Waals surface area contributed by atoms with E-state index >= 15 is 0 Å². The molecule has 0 unspecified atom stereocenters. The van der Waals surface area contributed by atoms with Crippen molar-refractivity contribution >= 4 is 46.1 Å². The van der Waals surface area contributed by atoms with Crippen molar-refractivity contribution in [1.29, 1.82) is 0 Å². The molecule has 1 amide bonds. The molecule has 4 nitrogen and oxygen atoms in total. The first kappa shape index (κ1) is 18.6. The Morgan fingerprint density at radius 1 is 1.23 bits per heavy atom. The predicted octanol–water partition coefficient (Wildman–Crippen LogP) is 5.73. The number of nitrogens with zero attached hydrogens (tertiary/aromatic N) is 1. The van der Waals surface area contributed by atoms with Crippen LogP contribution in [0.25, 0.3) is 0 Å². The minimum absolute atomic E-state index is 0.183. The Hall–Kier alpha value is -2.15. The lowest BCUT2D eigenvalue weighted by Crippen LogP contribution is -2.11. The predicted molar refractivity (Wildman–Crippen MR) is 102 cm³/mol. The molecule has 1 N–H and O–H groups in total. The molecule has 1 aromatic heterocycles. The number of anilines is 1. The van der Waals surface area contributed by atoms with Crippen LogP contribution in [-0.2, 0) is 6.61 Å². The molecular formula is C18H13Cl2FN2O2S. The van der Waals surface area contributed by atoms with Crippen LogP contribution in [0.3, 0.4) is 0 Å². The second-order valence-corrected chi connectivity index (χ2v) is 7.19. The number of rotatable bonds is 5. The van der Waals surface area contributed by atoms with Gasteiger partial charge in [-0.2, -0.15) is 0 Å². The first-order chi connectivity index (χ1) is 12.4. The SMILES string of the molecule is Cc1nc(COc2ccc(F)cc2)sc1C(=O)Nc1cccc(Cl)c1Cl. The van der Waals surface area contributed by atoms with Crippen LogP contribution >= 0.6 is 34.5 Å². The second kappa shape index (κ2) is 8.03. The van der Waals surface area contributed by atoms with Crippen molar-refractivity contribution in [2.45, 2.75) is 13.5 Å². The minimum Gasteiger partial charge on any atom is -0.486 e. The zero-order valence-corrected chi connectivity index (χ0v) is 15.9. The normalized spacial score (nSPS) is 10.6. The van der Waals surface area contributed by atoms with Crippen molar-refractivity contribution in [3.63, 3.8) is 0 Å². The molecule has 2 aromatic carbocycles. The molecule has 3 rings (SSSR count). The van der Waals surface area contributed by atoms with E-state index in [4.69, 9.17) is 27.9 Å². The fourth-order valence-corrected chi connectivity index (χ4v) is 3.40. The summed E-state index contributed by atoms with van der Waals surface area (Å²) in [6, 6.07) is 10.7. The topological polar surface area (TPSA) is 51.2 Å². The summed E-state index contributed by atoms with van der Waals surface area (Å²) >= 11 is 13.3. The highest BCUT2D eigenvalue weighted by Gasteiger charge is 2.17. The summed E-state index contributed by atoms with van der Waals surface area (Å²) in [6.07, 6.45) is 0. The van der Waals surface area contributed by atoms with Gasteiger partial charge in [0.2, 0.25) is 0 Å². The van der Waals surface area contributed by atoms with Gasteiger partial charge in [-0.25, -0.2) is 9.37 Å². The summed E-state index contributed by atoms with van der Waals surface area (Å²) in [4.78, 5) is 17.3. The quantitative estimate of drug-likeness (QED) is 0.584. The molecule has 8 heteroatoms. The highest BCUT2D eigenvalue weighted by molar-refractivity contribution is 7.13. The number of benzene rings is 2. The van der Waals surface area contributed by atoms with E-state index in [9.17, 15) is 9.18 Å². The van der Waals surface area contributed by atoms with Crippen LogP contribution in [-0.4, -0.2) is 10.9 Å². The summed E-state index contributed by atoms with van der Waals surface area (Å²) in [5.41, 5.74) is 1.02. The van der Waals surface area contributed by atoms with Gasteiger partial charge in [0.1, 0.15) is 28.1 Å². The highest BCUT2D eigenvalue weighted by Crippen LogP contribution is 2.30. The van der Waals surface area contributed by atoms with Gasteiger partial charge in [0.15, 0.2) is 0 Å². The third-order valence-corrected chi connectivity index (χ3v) is 5.37. The Labute approximate surface area is 163 Å². The standard InChI is InChI=1S/C18H13Cl2FN2O2S/c1-10-17(18(24)23-14-4-2-3-13(19)16(14)20)26-15(22-10)9-25-12-7-5-11(21)6-8-12/h2-8H,9H2,1H3,(H,23,24). The number of carbonyl (C=O) groups is 1. The number of aromatic nitrogens is 1. The average Bonchev–Trinajstić information content (AvgIpc) is 2.99. The number of halogens is 3. The first-order valence-corrected chi connectivity index (χ1v) is 9.11. The molecule has 0 fully saturated rings. The Morgan fingerprint density at radius 3 is 2.69 bits per heavy atom. The fourth-order valence-electron chi connectivity index (χ4n) is 2.18. The van der Waals surface area contributed by atoms with Gasteiger partial charge in [-0.1, -0.05) is 29.3 Å². The highest BCUT2D eigenvalue weighted by atomic mass is 35.5. The maximum Gasteiger partial charge on any atom is 0.267 e. The molecule has 0 aliphatic heterocycles. The average molecular weight is 411 g/mol. The zero-order chi connectivity index (χ0) is 18.7. The fraction of sp³-hybridized carbons (Fsp3) is 0.111. The van der Waals surface area contributed by atoms with Crippen LogP contribution in [0.15, 0.2) is 42.5 Å². The monoisotopic (exact) mass is 410 g/mol.